The van der Waals surface area contributed by atoms with Crippen LogP contribution in [0.2, 0.25) is 5.02 Å². The predicted octanol–water partition coefficient (Wildman–Crippen LogP) is 7.32. The Hall–Kier alpha value is -2.83. The first-order valence-electron chi connectivity index (χ1n) is 11.9. The summed E-state index contributed by atoms with van der Waals surface area (Å²) in [7, 11) is 0. The van der Waals surface area contributed by atoms with Crippen molar-refractivity contribution in [3.63, 3.8) is 0 Å². The van der Waals surface area contributed by atoms with Crippen molar-refractivity contribution in [3.8, 4) is 11.3 Å². The molecule has 5 nitrogen and oxygen atoms in total. The van der Waals surface area contributed by atoms with Gasteiger partial charge in [-0.2, -0.15) is 0 Å². The molecular formula is C28H34ClN3O2S. The fourth-order valence-electron chi connectivity index (χ4n) is 3.59. The Kier molecular flexibility index (Phi) is 9.35. The van der Waals surface area contributed by atoms with Crippen LogP contribution < -0.4 is 10.2 Å². The van der Waals surface area contributed by atoms with Crippen molar-refractivity contribution in [2.45, 2.75) is 47.1 Å². The third-order valence-corrected chi connectivity index (χ3v) is 7.20. The van der Waals surface area contributed by atoms with E-state index >= 15 is 0 Å². The summed E-state index contributed by atoms with van der Waals surface area (Å²) in [6, 6.07) is 13.8. The van der Waals surface area contributed by atoms with Crippen molar-refractivity contribution in [1.82, 2.24) is 10.3 Å². The Bertz CT molecular complexity index is 1170. The van der Waals surface area contributed by atoms with E-state index in [1.807, 2.05) is 43.3 Å². The largest absolute Gasteiger partial charge is 0.513 e. The lowest BCUT2D eigenvalue weighted by molar-refractivity contribution is 0.0953. The zero-order valence-corrected chi connectivity index (χ0v) is 22.5. The number of carbonyl (C=O) groups excluding carboxylic acids is 1. The average Bonchev–Trinajstić information content (AvgIpc) is 3.19. The van der Waals surface area contributed by atoms with Crippen LogP contribution in [0.3, 0.4) is 0 Å². The molecule has 3 aromatic rings. The topological polar surface area (TPSA) is 65.5 Å². The number of nitrogens with zero attached hydrogens (tertiary/aromatic N) is 2. The highest BCUT2D eigenvalue weighted by Gasteiger charge is 2.17. The first-order chi connectivity index (χ1) is 16.6. The number of hydrogen-bond acceptors (Lipinski definition) is 5. The molecule has 0 aliphatic heterocycles. The number of anilines is 1. The number of benzene rings is 2. The molecule has 0 atom stereocenters. The van der Waals surface area contributed by atoms with Crippen molar-refractivity contribution in [1.29, 1.82) is 0 Å². The van der Waals surface area contributed by atoms with Crippen molar-refractivity contribution < 1.29 is 9.90 Å². The standard InChI is InChI=1S/C28H34ClN3O2S/c1-18(2)13-15-32(17-22-7-10-23(11-8-22)27(34)30-14-12-20(4)33)28-31-26(21(5)35-28)24-9-6-19(3)25(29)16-24/h6-11,16,18,33H,4,12-15,17H2,1-3,5H3,(H,30,34). The second-order valence-corrected chi connectivity index (χ2v) is 10.8. The van der Waals surface area contributed by atoms with Crippen LogP contribution in [-0.2, 0) is 6.54 Å². The number of amides is 1. The molecule has 0 aliphatic carbocycles. The zero-order chi connectivity index (χ0) is 25.5. The van der Waals surface area contributed by atoms with Crippen molar-refractivity contribution in [3.05, 3.63) is 81.4 Å². The van der Waals surface area contributed by atoms with Crippen LogP contribution in [0.25, 0.3) is 11.3 Å². The van der Waals surface area contributed by atoms with Gasteiger partial charge in [-0.15, -0.1) is 11.3 Å². The first kappa shape index (κ1) is 26.8. The Balaban J connectivity index is 1.78. The Morgan fingerprint density at radius 3 is 2.54 bits per heavy atom. The van der Waals surface area contributed by atoms with E-state index < -0.39 is 0 Å². The van der Waals surface area contributed by atoms with Gasteiger partial charge in [0.15, 0.2) is 5.13 Å². The summed E-state index contributed by atoms with van der Waals surface area (Å²) in [6.45, 7) is 14.0. The maximum absolute atomic E-state index is 12.3. The van der Waals surface area contributed by atoms with Gasteiger partial charge in [-0.05, 0) is 55.5 Å². The molecule has 0 aliphatic rings. The van der Waals surface area contributed by atoms with Crippen LogP contribution in [-0.4, -0.2) is 29.1 Å². The monoisotopic (exact) mass is 511 g/mol. The molecule has 1 aromatic heterocycles. The third kappa shape index (κ3) is 7.58. The van der Waals surface area contributed by atoms with E-state index in [0.717, 1.165) is 50.4 Å². The van der Waals surface area contributed by atoms with E-state index in [1.54, 1.807) is 11.3 Å². The van der Waals surface area contributed by atoms with Gasteiger partial charge in [0, 0.05) is 47.1 Å². The van der Waals surface area contributed by atoms with Gasteiger partial charge in [0.25, 0.3) is 5.91 Å². The molecule has 0 unspecified atom stereocenters. The number of hydrogen-bond donors (Lipinski definition) is 2. The van der Waals surface area contributed by atoms with Crippen molar-refractivity contribution in [2.75, 3.05) is 18.0 Å². The lowest BCUT2D eigenvalue weighted by Crippen LogP contribution is -2.26. The van der Waals surface area contributed by atoms with Crippen molar-refractivity contribution in [2.24, 2.45) is 5.92 Å². The summed E-state index contributed by atoms with van der Waals surface area (Å²) in [5.41, 5.74) is 4.76. The molecule has 3 rings (SSSR count). The number of thiazole rings is 1. The fourth-order valence-corrected chi connectivity index (χ4v) is 4.72. The van der Waals surface area contributed by atoms with Crippen molar-refractivity contribution >= 4 is 34.0 Å². The second kappa shape index (κ2) is 12.2. The van der Waals surface area contributed by atoms with Gasteiger partial charge in [0.2, 0.25) is 0 Å². The van der Waals surface area contributed by atoms with Crippen LogP contribution in [0.5, 0.6) is 0 Å². The minimum absolute atomic E-state index is 0.0631. The summed E-state index contributed by atoms with van der Waals surface area (Å²) in [5, 5.41) is 13.7. The smallest absolute Gasteiger partial charge is 0.251 e. The normalized spacial score (nSPS) is 11.0. The van der Waals surface area contributed by atoms with E-state index in [0.29, 0.717) is 31.0 Å². The SMILES string of the molecule is C=C(O)CCNC(=O)c1ccc(CN(CCC(C)C)c2nc(-c3ccc(C)c(Cl)c3)c(C)s2)cc1. The summed E-state index contributed by atoms with van der Waals surface area (Å²) in [6.07, 6.45) is 1.40. The van der Waals surface area contributed by atoms with Gasteiger partial charge < -0.3 is 15.3 Å². The van der Waals surface area contributed by atoms with Gasteiger partial charge in [-0.3, -0.25) is 4.79 Å². The van der Waals surface area contributed by atoms with Gasteiger partial charge in [0.1, 0.15) is 0 Å². The predicted molar refractivity (Wildman–Crippen MR) is 148 cm³/mol. The number of aliphatic hydroxyl groups excluding tert-OH is 1. The maximum Gasteiger partial charge on any atom is 0.251 e. The van der Waals surface area contributed by atoms with Gasteiger partial charge in [-0.25, -0.2) is 4.98 Å². The number of nitrogens with one attached hydrogen (secondary N) is 1. The van der Waals surface area contributed by atoms with E-state index in [-0.39, 0.29) is 11.7 Å². The lowest BCUT2D eigenvalue weighted by Gasteiger charge is -2.23. The van der Waals surface area contributed by atoms with Crippen LogP contribution >= 0.6 is 22.9 Å². The highest BCUT2D eigenvalue weighted by molar-refractivity contribution is 7.16. The number of halogens is 1. The lowest BCUT2D eigenvalue weighted by atomic mass is 10.1. The molecular weight excluding hydrogens is 478 g/mol. The number of aromatic nitrogens is 1. The molecule has 7 heteroatoms. The van der Waals surface area contributed by atoms with Crippen LogP contribution in [0.15, 0.2) is 54.8 Å². The average molecular weight is 512 g/mol. The second-order valence-electron chi connectivity index (χ2n) is 9.24. The minimum atomic E-state index is -0.161. The number of carbonyl (C=O) groups is 1. The Morgan fingerprint density at radius 2 is 1.91 bits per heavy atom. The van der Waals surface area contributed by atoms with E-state index in [4.69, 9.17) is 16.6 Å². The quantitative estimate of drug-likeness (QED) is 0.264. The van der Waals surface area contributed by atoms with Gasteiger partial charge >= 0.3 is 0 Å². The van der Waals surface area contributed by atoms with E-state index in [2.05, 4.69) is 43.6 Å². The van der Waals surface area contributed by atoms with Crippen LogP contribution in [0, 0.1) is 19.8 Å². The van der Waals surface area contributed by atoms with E-state index in [9.17, 15) is 9.90 Å². The summed E-state index contributed by atoms with van der Waals surface area (Å²) in [5.74, 6) is 0.481. The number of aryl methyl sites for hydroxylation is 2. The molecule has 2 N–H and O–H groups in total. The minimum Gasteiger partial charge on any atom is -0.513 e. The zero-order valence-electron chi connectivity index (χ0n) is 20.9. The highest BCUT2D eigenvalue weighted by atomic mass is 35.5. The molecule has 0 radical (unpaired) electrons. The molecule has 0 bridgehead atoms. The van der Waals surface area contributed by atoms with E-state index in [1.165, 1.54) is 0 Å². The molecule has 1 amide bonds. The summed E-state index contributed by atoms with van der Waals surface area (Å²) in [4.78, 5) is 20.8. The molecule has 35 heavy (non-hydrogen) atoms. The molecule has 2 aromatic carbocycles. The third-order valence-electron chi connectivity index (χ3n) is 5.77. The molecule has 186 valence electrons. The Morgan fingerprint density at radius 1 is 1.20 bits per heavy atom. The fraction of sp³-hybridized carbons (Fsp3) is 0.357. The van der Waals surface area contributed by atoms with Crippen LogP contribution in [0.4, 0.5) is 5.13 Å². The van der Waals surface area contributed by atoms with Gasteiger partial charge in [0.05, 0.1) is 11.5 Å². The highest BCUT2D eigenvalue weighted by Crippen LogP contribution is 2.35. The number of aliphatic hydroxyl groups is 1. The molecule has 0 fully saturated rings. The number of rotatable bonds is 11. The molecule has 0 spiro atoms. The molecule has 0 saturated carbocycles. The van der Waals surface area contributed by atoms with Crippen LogP contribution in [0.1, 0.15) is 53.1 Å². The molecule has 1 heterocycles. The summed E-state index contributed by atoms with van der Waals surface area (Å²) < 4.78 is 0. The van der Waals surface area contributed by atoms with Gasteiger partial charge in [-0.1, -0.05) is 56.3 Å². The molecule has 0 saturated heterocycles. The maximum atomic E-state index is 12.3. The summed E-state index contributed by atoms with van der Waals surface area (Å²) >= 11 is 8.07. The Labute approximate surface area is 217 Å². The first-order valence-corrected chi connectivity index (χ1v) is 13.1.